The van der Waals surface area contributed by atoms with Gasteiger partial charge in [0.15, 0.2) is 0 Å². The van der Waals surface area contributed by atoms with Gasteiger partial charge in [-0.05, 0) is 13.8 Å². The van der Waals surface area contributed by atoms with Crippen LogP contribution in [0, 0.1) is 0 Å². The highest BCUT2D eigenvalue weighted by Crippen LogP contribution is 1.91. The third kappa shape index (κ3) is 3.26. The first kappa shape index (κ1) is 10.2. The van der Waals surface area contributed by atoms with E-state index in [0.29, 0.717) is 12.3 Å². The fourth-order valence-electron chi connectivity index (χ4n) is 0.855. The van der Waals surface area contributed by atoms with Gasteiger partial charge in [0.05, 0.1) is 6.61 Å². The van der Waals surface area contributed by atoms with Crippen LogP contribution in [0.5, 0.6) is 0 Å². The molecule has 0 aliphatic heterocycles. The maximum atomic E-state index is 11.0. The van der Waals surface area contributed by atoms with Crippen LogP contribution in [0.2, 0.25) is 0 Å². The molecule has 0 aromatic carbocycles. The largest absolute Gasteiger partial charge is 0.463 e. The van der Waals surface area contributed by atoms with Crippen LogP contribution in [0.25, 0.3) is 0 Å². The Morgan fingerprint density at radius 2 is 2.21 bits per heavy atom. The summed E-state index contributed by atoms with van der Waals surface area (Å²) in [4.78, 5) is 11.0. The number of ether oxygens (including phenoxy) is 1. The van der Waals surface area contributed by atoms with E-state index in [2.05, 4.69) is 15.6 Å². The summed E-state index contributed by atoms with van der Waals surface area (Å²) in [6, 6.07) is 0. The predicted octanol–water partition coefficient (Wildman–Crippen LogP) is 0.288. The van der Waals surface area contributed by atoms with Crippen molar-refractivity contribution in [3.8, 4) is 0 Å². The highest BCUT2D eigenvalue weighted by atomic mass is 16.5. The van der Waals surface area contributed by atoms with E-state index in [0.717, 1.165) is 0 Å². The highest BCUT2D eigenvalue weighted by Gasteiger charge is 1.97. The average molecular weight is 196 g/mol. The molecule has 1 aromatic heterocycles. The van der Waals surface area contributed by atoms with Gasteiger partial charge in [0, 0.05) is 11.8 Å². The van der Waals surface area contributed by atoms with Crippen LogP contribution in [0.15, 0.2) is 24.4 Å². The molecule has 76 valence electrons. The van der Waals surface area contributed by atoms with E-state index >= 15 is 0 Å². The first-order chi connectivity index (χ1) is 6.72. The van der Waals surface area contributed by atoms with Crippen molar-refractivity contribution in [1.29, 1.82) is 0 Å². The summed E-state index contributed by atoms with van der Waals surface area (Å²) in [7, 11) is 0. The Kier molecular flexibility index (Phi) is 3.66. The zero-order valence-electron chi connectivity index (χ0n) is 8.10. The standard InChI is InChI=1S/C8H12N4O2/c1-3-14-8(13)4-7(2)11-12-5-9-10-6-12/h4-6,11H,3H2,1-2H3. The molecule has 1 aromatic rings. The number of esters is 1. The van der Waals surface area contributed by atoms with E-state index in [1.165, 1.54) is 23.4 Å². The number of allylic oxidation sites excluding steroid dienone is 1. The van der Waals surface area contributed by atoms with Gasteiger partial charge in [0.25, 0.3) is 0 Å². The summed E-state index contributed by atoms with van der Waals surface area (Å²) in [5, 5.41) is 7.20. The van der Waals surface area contributed by atoms with Gasteiger partial charge in [0.2, 0.25) is 0 Å². The van der Waals surface area contributed by atoms with Gasteiger partial charge in [-0.3, -0.25) is 5.43 Å². The predicted molar refractivity (Wildman–Crippen MR) is 49.8 cm³/mol. The fourth-order valence-corrected chi connectivity index (χ4v) is 0.855. The molecule has 0 unspecified atom stereocenters. The van der Waals surface area contributed by atoms with Crippen LogP contribution >= 0.6 is 0 Å². The van der Waals surface area contributed by atoms with Crippen molar-refractivity contribution in [2.45, 2.75) is 13.8 Å². The maximum Gasteiger partial charge on any atom is 0.332 e. The van der Waals surface area contributed by atoms with Crippen LogP contribution in [0.3, 0.4) is 0 Å². The van der Waals surface area contributed by atoms with Crippen molar-refractivity contribution in [3.63, 3.8) is 0 Å². The lowest BCUT2D eigenvalue weighted by molar-refractivity contribution is -0.137. The van der Waals surface area contributed by atoms with E-state index in [4.69, 9.17) is 4.74 Å². The molecule has 0 radical (unpaired) electrons. The van der Waals surface area contributed by atoms with Crippen LogP contribution in [-0.4, -0.2) is 27.4 Å². The normalized spacial score (nSPS) is 11.1. The number of hydrogen-bond acceptors (Lipinski definition) is 5. The Bertz CT molecular complexity index is 318. The van der Waals surface area contributed by atoms with Crippen molar-refractivity contribution in [3.05, 3.63) is 24.4 Å². The summed E-state index contributed by atoms with van der Waals surface area (Å²) in [5.41, 5.74) is 3.52. The number of rotatable bonds is 4. The first-order valence-corrected chi connectivity index (χ1v) is 4.19. The van der Waals surface area contributed by atoms with Gasteiger partial charge in [-0.2, -0.15) is 0 Å². The summed E-state index contributed by atoms with van der Waals surface area (Å²) < 4.78 is 6.27. The second-order valence-corrected chi connectivity index (χ2v) is 2.56. The molecule has 6 nitrogen and oxygen atoms in total. The van der Waals surface area contributed by atoms with Crippen molar-refractivity contribution < 1.29 is 9.53 Å². The van der Waals surface area contributed by atoms with Crippen LogP contribution in [0.1, 0.15) is 13.8 Å². The Morgan fingerprint density at radius 1 is 1.57 bits per heavy atom. The molecular weight excluding hydrogens is 184 g/mol. The minimum atomic E-state index is -0.370. The van der Waals surface area contributed by atoms with Crippen LogP contribution < -0.4 is 5.43 Å². The molecule has 0 spiro atoms. The topological polar surface area (TPSA) is 69.0 Å². The second-order valence-electron chi connectivity index (χ2n) is 2.56. The molecular formula is C8H12N4O2. The smallest absolute Gasteiger partial charge is 0.332 e. The molecule has 0 saturated heterocycles. The molecule has 0 atom stereocenters. The number of nitrogens with one attached hydrogen (secondary N) is 1. The van der Waals surface area contributed by atoms with Gasteiger partial charge in [0.1, 0.15) is 12.7 Å². The van der Waals surface area contributed by atoms with Crippen LogP contribution in [0.4, 0.5) is 0 Å². The van der Waals surface area contributed by atoms with E-state index < -0.39 is 0 Å². The molecule has 1 rings (SSSR count). The van der Waals surface area contributed by atoms with Gasteiger partial charge in [-0.15, -0.1) is 10.2 Å². The number of carbonyl (C=O) groups is 1. The molecule has 1 heterocycles. The van der Waals surface area contributed by atoms with Gasteiger partial charge in [-0.1, -0.05) is 0 Å². The van der Waals surface area contributed by atoms with Crippen LogP contribution in [-0.2, 0) is 9.53 Å². The Morgan fingerprint density at radius 3 is 2.79 bits per heavy atom. The maximum absolute atomic E-state index is 11.0. The Hall–Kier alpha value is -1.85. The molecule has 0 aliphatic carbocycles. The molecule has 6 heteroatoms. The molecule has 0 amide bonds. The van der Waals surface area contributed by atoms with Gasteiger partial charge >= 0.3 is 5.97 Å². The summed E-state index contributed by atoms with van der Waals surface area (Å²) in [6.45, 7) is 3.88. The number of hydrogen-bond donors (Lipinski definition) is 1. The third-order valence-corrected chi connectivity index (χ3v) is 1.35. The average Bonchev–Trinajstić information content (AvgIpc) is 2.56. The Labute approximate surface area is 81.6 Å². The minimum absolute atomic E-state index is 0.370. The Balaban J connectivity index is 2.49. The minimum Gasteiger partial charge on any atom is -0.463 e. The fraction of sp³-hybridized carbons (Fsp3) is 0.375. The molecule has 14 heavy (non-hydrogen) atoms. The zero-order valence-corrected chi connectivity index (χ0v) is 8.10. The summed E-state index contributed by atoms with van der Waals surface area (Å²) >= 11 is 0. The monoisotopic (exact) mass is 196 g/mol. The van der Waals surface area contributed by atoms with Crippen molar-refractivity contribution in [1.82, 2.24) is 14.9 Å². The van der Waals surface area contributed by atoms with E-state index in [1.807, 2.05) is 0 Å². The SMILES string of the molecule is CCOC(=O)C=C(C)Nn1cnnc1. The number of nitrogens with zero attached hydrogens (tertiary/aromatic N) is 3. The van der Waals surface area contributed by atoms with Crippen molar-refractivity contribution in [2.24, 2.45) is 0 Å². The van der Waals surface area contributed by atoms with Crippen molar-refractivity contribution in [2.75, 3.05) is 12.0 Å². The molecule has 0 bridgehead atoms. The van der Waals surface area contributed by atoms with E-state index in [-0.39, 0.29) is 5.97 Å². The zero-order chi connectivity index (χ0) is 10.4. The lowest BCUT2D eigenvalue weighted by atomic mass is 10.4. The lowest BCUT2D eigenvalue weighted by Gasteiger charge is -2.05. The molecule has 0 saturated carbocycles. The van der Waals surface area contributed by atoms with Gasteiger partial charge < -0.3 is 4.74 Å². The number of aromatic nitrogens is 3. The quantitative estimate of drug-likeness (QED) is 0.553. The van der Waals surface area contributed by atoms with Gasteiger partial charge in [-0.25, -0.2) is 9.47 Å². The third-order valence-electron chi connectivity index (χ3n) is 1.35. The first-order valence-electron chi connectivity index (χ1n) is 4.19. The molecule has 0 fully saturated rings. The van der Waals surface area contributed by atoms with E-state index in [9.17, 15) is 4.79 Å². The van der Waals surface area contributed by atoms with Crippen molar-refractivity contribution >= 4 is 5.97 Å². The summed E-state index contributed by atoms with van der Waals surface area (Å²) in [5.74, 6) is -0.370. The molecule has 0 aliphatic rings. The molecule has 1 N–H and O–H groups in total. The highest BCUT2D eigenvalue weighted by molar-refractivity contribution is 5.82. The number of carbonyl (C=O) groups excluding carboxylic acids is 1. The van der Waals surface area contributed by atoms with E-state index in [1.54, 1.807) is 13.8 Å². The summed E-state index contributed by atoms with van der Waals surface area (Å²) in [6.07, 6.45) is 4.34. The lowest BCUT2D eigenvalue weighted by Crippen LogP contribution is -2.12. The second kappa shape index (κ2) is 5.00.